The summed E-state index contributed by atoms with van der Waals surface area (Å²) in [4.78, 5) is 47.2. The number of carbonyl (C=O) groups is 4. The van der Waals surface area contributed by atoms with Crippen LogP contribution in [-0.4, -0.2) is 29.9 Å². The smallest absolute Gasteiger partial charge is 1.00 e. The predicted molar refractivity (Wildman–Crippen MR) is 136 cm³/mol. The summed E-state index contributed by atoms with van der Waals surface area (Å²) in [5, 5.41) is 0. The monoisotopic (exact) mass is 527 g/mol. The molecular formula is C27H47NNa2O6. The van der Waals surface area contributed by atoms with Crippen molar-refractivity contribution in [1.82, 2.24) is 0 Å². The summed E-state index contributed by atoms with van der Waals surface area (Å²) in [6.45, 7) is 7.38. The first-order chi connectivity index (χ1) is 16.4. The van der Waals surface area contributed by atoms with Crippen LogP contribution in [0.1, 0.15) is 118 Å². The predicted octanol–water partition coefficient (Wildman–Crippen LogP) is 0.0801. The third-order valence-electron chi connectivity index (χ3n) is 5.48. The van der Waals surface area contributed by atoms with Gasteiger partial charge in [-0.2, -0.15) is 0 Å². The van der Waals surface area contributed by atoms with Crippen LogP contribution in [0.5, 0.6) is 0 Å². The molecule has 9 heteroatoms. The molecule has 0 aromatic rings. The molecule has 0 aromatic carbocycles. The van der Waals surface area contributed by atoms with Crippen molar-refractivity contribution in [2.45, 2.75) is 122 Å². The van der Waals surface area contributed by atoms with E-state index in [-0.39, 0.29) is 87.7 Å². The maximum atomic E-state index is 11.9. The van der Waals surface area contributed by atoms with E-state index in [1.807, 2.05) is 12.2 Å². The molecule has 36 heavy (non-hydrogen) atoms. The standard InChI is InChI=1S/C27H45NO6.2Na.2H/c1-3-5-7-9-11-13-15-17-19-24(29)33-26(31)22-21-23(28)27(32)34-25(30)20-18-16-14-12-10-8-6-4-2;;;;/h3-4,23H,1-2,5-22,28H2;;;;/q;2*+1;2*-1/t23-;;;;/m0..../s1. The van der Waals surface area contributed by atoms with E-state index in [4.69, 9.17) is 15.2 Å². The van der Waals surface area contributed by atoms with Gasteiger partial charge in [0.2, 0.25) is 0 Å². The molecule has 1 atom stereocenters. The quantitative estimate of drug-likeness (QED) is 0.0698. The van der Waals surface area contributed by atoms with Crippen LogP contribution in [0.25, 0.3) is 0 Å². The summed E-state index contributed by atoms with van der Waals surface area (Å²) >= 11 is 0. The van der Waals surface area contributed by atoms with Crippen molar-refractivity contribution in [2.24, 2.45) is 5.73 Å². The fourth-order valence-electron chi connectivity index (χ4n) is 3.39. The number of hydrogen-bond donors (Lipinski definition) is 1. The van der Waals surface area contributed by atoms with Crippen LogP contribution in [0.2, 0.25) is 0 Å². The summed E-state index contributed by atoms with van der Waals surface area (Å²) in [5.41, 5.74) is 5.70. The molecule has 0 bridgehead atoms. The average molecular weight is 528 g/mol. The Morgan fingerprint density at radius 2 is 0.972 bits per heavy atom. The van der Waals surface area contributed by atoms with Gasteiger partial charge < -0.3 is 18.1 Å². The zero-order valence-electron chi connectivity index (χ0n) is 24.9. The van der Waals surface area contributed by atoms with Gasteiger partial charge in [-0.05, 0) is 44.9 Å². The second-order valence-corrected chi connectivity index (χ2v) is 8.68. The van der Waals surface area contributed by atoms with E-state index in [0.717, 1.165) is 77.0 Å². The van der Waals surface area contributed by atoms with Crippen LogP contribution in [0, 0.1) is 0 Å². The van der Waals surface area contributed by atoms with Crippen molar-refractivity contribution in [3.8, 4) is 0 Å². The molecule has 0 unspecified atom stereocenters. The molecule has 0 aromatic heterocycles. The molecule has 0 aliphatic heterocycles. The van der Waals surface area contributed by atoms with Crippen LogP contribution in [0.3, 0.4) is 0 Å². The zero-order chi connectivity index (χ0) is 25.4. The molecule has 0 aliphatic carbocycles. The Kier molecular flexibility index (Phi) is 32.7. The van der Waals surface area contributed by atoms with Gasteiger partial charge in [-0.15, -0.1) is 13.2 Å². The van der Waals surface area contributed by atoms with Crippen LogP contribution >= 0.6 is 0 Å². The minimum atomic E-state index is -1.11. The first-order valence-corrected chi connectivity index (χ1v) is 12.9. The van der Waals surface area contributed by atoms with Gasteiger partial charge in [0, 0.05) is 19.3 Å². The van der Waals surface area contributed by atoms with Crippen molar-refractivity contribution in [3.05, 3.63) is 25.3 Å². The summed E-state index contributed by atoms with van der Waals surface area (Å²) in [6, 6.07) is -1.11. The minimum absolute atomic E-state index is 0. The Bertz CT molecular complexity index is 639. The van der Waals surface area contributed by atoms with Gasteiger partial charge >= 0.3 is 83.0 Å². The molecule has 2 N–H and O–H groups in total. The molecule has 0 spiro atoms. The van der Waals surface area contributed by atoms with Crippen LogP contribution in [0.15, 0.2) is 25.3 Å². The average Bonchev–Trinajstić information content (AvgIpc) is 2.80. The number of rotatable bonds is 22. The van der Waals surface area contributed by atoms with Crippen LogP contribution in [-0.2, 0) is 28.7 Å². The molecule has 198 valence electrons. The van der Waals surface area contributed by atoms with Crippen molar-refractivity contribution in [1.29, 1.82) is 0 Å². The van der Waals surface area contributed by atoms with Crippen LogP contribution < -0.4 is 64.8 Å². The Morgan fingerprint density at radius 3 is 1.42 bits per heavy atom. The number of esters is 4. The Morgan fingerprint density at radius 1 is 0.611 bits per heavy atom. The van der Waals surface area contributed by atoms with E-state index < -0.39 is 29.9 Å². The Hall–Kier alpha value is -0.280. The third-order valence-corrected chi connectivity index (χ3v) is 5.48. The first kappa shape index (κ1) is 40.2. The van der Waals surface area contributed by atoms with E-state index in [9.17, 15) is 19.2 Å². The maximum absolute atomic E-state index is 11.9. The van der Waals surface area contributed by atoms with Gasteiger partial charge in [-0.25, -0.2) is 4.79 Å². The molecule has 0 fully saturated rings. The Balaban J connectivity index is -0.000000907. The summed E-state index contributed by atoms with van der Waals surface area (Å²) < 4.78 is 9.51. The normalized spacial score (nSPS) is 10.8. The number of ether oxygens (including phenoxy) is 2. The second kappa shape index (κ2) is 29.3. The summed E-state index contributed by atoms with van der Waals surface area (Å²) in [6.07, 6.45) is 18.0. The molecule has 0 saturated heterocycles. The van der Waals surface area contributed by atoms with Gasteiger partial charge in [-0.1, -0.05) is 63.5 Å². The summed E-state index contributed by atoms with van der Waals surface area (Å²) in [7, 11) is 0. The van der Waals surface area contributed by atoms with E-state index in [0.29, 0.717) is 12.8 Å². The van der Waals surface area contributed by atoms with Crippen LogP contribution in [0.4, 0.5) is 0 Å². The minimum Gasteiger partial charge on any atom is -1.00 e. The number of allylic oxidation sites excluding steroid dienone is 2. The fourth-order valence-corrected chi connectivity index (χ4v) is 3.39. The second-order valence-electron chi connectivity index (χ2n) is 8.68. The zero-order valence-corrected chi connectivity index (χ0v) is 26.9. The van der Waals surface area contributed by atoms with Gasteiger partial charge in [0.25, 0.3) is 0 Å². The van der Waals surface area contributed by atoms with Crippen molar-refractivity contribution in [3.63, 3.8) is 0 Å². The van der Waals surface area contributed by atoms with Crippen molar-refractivity contribution < 1.29 is 90.6 Å². The molecule has 0 saturated carbocycles. The molecule has 0 amide bonds. The van der Waals surface area contributed by atoms with E-state index in [2.05, 4.69) is 13.2 Å². The van der Waals surface area contributed by atoms with E-state index in [1.54, 1.807) is 0 Å². The number of carbonyl (C=O) groups excluding carboxylic acids is 4. The topological polar surface area (TPSA) is 113 Å². The van der Waals surface area contributed by atoms with Gasteiger partial charge in [0.05, 0.1) is 0 Å². The van der Waals surface area contributed by atoms with E-state index >= 15 is 0 Å². The largest absolute Gasteiger partial charge is 1.00 e. The van der Waals surface area contributed by atoms with Gasteiger partial charge in [0.1, 0.15) is 6.04 Å². The van der Waals surface area contributed by atoms with E-state index in [1.165, 1.54) is 0 Å². The van der Waals surface area contributed by atoms with Gasteiger partial charge in [0.15, 0.2) is 0 Å². The number of nitrogens with two attached hydrogens (primary N) is 1. The van der Waals surface area contributed by atoms with Crippen molar-refractivity contribution >= 4 is 23.9 Å². The molecule has 0 radical (unpaired) electrons. The maximum Gasteiger partial charge on any atom is 1.00 e. The number of unbranched alkanes of at least 4 members (excludes halogenated alkanes) is 12. The molecule has 0 rings (SSSR count). The first-order valence-electron chi connectivity index (χ1n) is 12.9. The number of hydrogen-bond acceptors (Lipinski definition) is 7. The Labute approximate surface area is 265 Å². The van der Waals surface area contributed by atoms with Crippen molar-refractivity contribution in [2.75, 3.05) is 0 Å². The SMILES string of the molecule is C=CCCCCCCCCC(=O)OC(=O)CC[C@H](N)C(=O)OC(=O)CCCCCCCCC=C.[H-].[H-].[Na+].[Na+]. The molecule has 0 heterocycles. The fraction of sp³-hybridized carbons (Fsp3) is 0.704. The van der Waals surface area contributed by atoms with Gasteiger partial charge in [-0.3, -0.25) is 14.4 Å². The molecule has 7 nitrogen and oxygen atoms in total. The summed E-state index contributed by atoms with van der Waals surface area (Å²) in [5.74, 6) is -2.76. The molecular weight excluding hydrogens is 480 g/mol. The molecule has 0 aliphatic rings. The third kappa shape index (κ3) is 26.8.